The maximum atomic E-state index is 12.4. The molecule has 1 aliphatic rings. The van der Waals surface area contributed by atoms with Crippen molar-refractivity contribution in [3.05, 3.63) is 52.2 Å². The zero-order valence-electron chi connectivity index (χ0n) is 14.2. The molecule has 5 nitrogen and oxygen atoms in total. The van der Waals surface area contributed by atoms with Crippen LogP contribution < -0.4 is 10.1 Å². The fraction of sp³-hybridized carbons (Fsp3) is 0.368. The van der Waals surface area contributed by atoms with Gasteiger partial charge in [0.1, 0.15) is 5.75 Å². The van der Waals surface area contributed by atoms with E-state index in [1.165, 1.54) is 11.3 Å². The number of rotatable bonds is 5. The third-order valence-corrected chi connectivity index (χ3v) is 5.34. The molecular weight excluding hydrogens is 336 g/mol. The summed E-state index contributed by atoms with van der Waals surface area (Å²) in [5.74, 6) is 0.890. The van der Waals surface area contributed by atoms with E-state index >= 15 is 0 Å². The van der Waals surface area contributed by atoms with Crippen LogP contribution in [0.15, 0.2) is 41.8 Å². The highest BCUT2D eigenvalue weighted by atomic mass is 32.1. The van der Waals surface area contributed by atoms with E-state index in [-0.39, 0.29) is 17.7 Å². The second kappa shape index (κ2) is 8.16. The average Bonchev–Trinajstić information content (AvgIpc) is 3.20. The van der Waals surface area contributed by atoms with E-state index in [0.717, 1.165) is 16.2 Å². The predicted molar refractivity (Wildman–Crippen MR) is 97.8 cm³/mol. The third kappa shape index (κ3) is 4.39. The molecule has 25 heavy (non-hydrogen) atoms. The van der Waals surface area contributed by atoms with Crippen LogP contribution in [-0.4, -0.2) is 36.9 Å². The van der Waals surface area contributed by atoms with Gasteiger partial charge in [0.2, 0.25) is 5.91 Å². The van der Waals surface area contributed by atoms with E-state index in [4.69, 9.17) is 4.74 Å². The van der Waals surface area contributed by atoms with E-state index in [1.54, 1.807) is 7.11 Å². The van der Waals surface area contributed by atoms with Crippen molar-refractivity contribution >= 4 is 23.2 Å². The van der Waals surface area contributed by atoms with Crippen molar-refractivity contribution in [3.63, 3.8) is 0 Å². The topological polar surface area (TPSA) is 58.6 Å². The highest BCUT2D eigenvalue weighted by molar-refractivity contribution is 7.12. The molecule has 1 fully saturated rings. The minimum Gasteiger partial charge on any atom is -0.497 e. The molecule has 1 aromatic heterocycles. The molecule has 3 rings (SSSR count). The summed E-state index contributed by atoms with van der Waals surface area (Å²) in [6.07, 6.45) is 1.42. The van der Waals surface area contributed by atoms with Gasteiger partial charge in [-0.05, 0) is 42.0 Å². The van der Waals surface area contributed by atoms with Gasteiger partial charge in [0.25, 0.3) is 5.91 Å². The van der Waals surface area contributed by atoms with Gasteiger partial charge in [0.05, 0.1) is 12.0 Å². The molecule has 0 aliphatic carbocycles. The maximum absolute atomic E-state index is 12.4. The summed E-state index contributed by atoms with van der Waals surface area (Å²) < 4.78 is 5.19. The summed E-state index contributed by atoms with van der Waals surface area (Å²) >= 11 is 1.46. The van der Waals surface area contributed by atoms with E-state index < -0.39 is 0 Å². The zero-order valence-corrected chi connectivity index (χ0v) is 15.1. The number of hydrogen-bond acceptors (Lipinski definition) is 4. The Morgan fingerprint density at radius 3 is 2.72 bits per heavy atom. The Morgan fingerprint density at radius 1 is 1.24 bits per heavy atom. The smallest absolute Gasteiger partial charge is 0.263 e. The number of thiophene rings is 1. The summed E-state index contributed by atoms with van der Waals surface area (Å²) in [6, 6.07) is 11.4. The Kier molecular flexibility index (Phi) is 5.71. The van der Waals surface area contributed by atoms with Crippen molar-refractivity contribution in [1.82, 2.24) is 10.2 Å². The first-order valence-electron chi connectivity index (χ1n) is 8.41. The van der Waals surface area contributed by atoms with Gasteiger partial charge in [-0.15, -0.1) is 11.3 Å². The number of nitrogens with zero attached hydrogens (tertiary/aromatic N) is 1. The molecule has 2 aromatic rings. The summed E-state index contributed by atoms with van der Waals surface area (Å²) in [6.45, 7) is 1.76. The van der Waals surface area contributed by atoms with Crippen LogP contribution >= 0.6 is 11.3 Å². The molecule has 132 valence electrons. The van der Waals surface area contributed by atoms with Gasteiger partial charge in [-0.3, -0.25) is 9.59 Å². The van der Waals surface area contributed by atoms with Crippen LogP contribution in [-0.2, 0) is 11.3 Å². The first kappa shape index (κ1) is 17.5. The number of likely N-dealkylation sites (tertiary alicyclic amines) is 1. The molecule has 0 atom stereocenters. The van der Waals surface area contributed by atoms with Crippen LogP contribution in [0.3, 0.4) is 0 Å². The molecule has 1 saturated heterocycles. The number of carbonyl (C=O) groups is 2. The number of amides is 2. The third-order valence-electron chi connectivity index (χ3n) is 4.49. The Balaban J connectivity index is 1.47. The number of methoxy groups -OCH3 is 1. The van der Waals surface area contributed by atoms with Crippen LogP contribution in [0.25, 0.3) is 0 Å². The van der Waals surface area contributed by atoms with Crippen molar-refractivity contribution < 1.29 is 14.3 Å². The quantitative estimate of drug-likeness (QED) is 0.894. The van der Waals surface area contributed by atoms with Crippen LogP contribution in [0.5, 0.6) is 5.75 Å². The van der Waals surface area contributed by atoms with Crippen LogP contribution in [0.4, 0.5) is 0 Å². The first-order valence-corrected chi connectivity index (χ1v) is 9.29. The fourth-order valence-electron chi connectivity index (χ4n) is 3.02. The second-order valence-electron chi connectivity index (χ2n) is 6.11. The van der Waals surface area contributed by atoms with Crippen LogP contribution in [0.2, 0.25) is 0 Å². The monoisotopic (exact) mass is 358 g/mol. The van der Waals surface area contributed by atoms with Gasteiger partial charge in [0, 0.05) is 25.6 Å². The summed E-state index contributed by atoms with van der Waals surface area (Å²) in [5, 5.41) is 4.90. The molecule has 1 N–H and O–H groups in total. The number of benzene rings is 1. The molecule has 0 unspecified atom stereocenters. The minimum atomic E-state index is -0.0296. The molecule has 1 aliphatic heterocycles. The normalized spacial score (nSPS) is 15.0. The molecule has 6 heteroatoms. The lowest BCUT2D eigenvalue weighted by Gasteiger charge is -2.31. The molecular formula is C19H22N2O3S. The van der Waals surface area contributed by atoms with Gasteiger partial charge in [0.15, 0.2) is 0 Å². The lowest BCUT2D eigenvalue weighted by Crippen LogP contribution is -2.42. The molecule has 0 saturated carbocycles. The number of nitrogens with one attached hydrogen (secondary N) is 1. The van der Waals surface area contributed by atoms with Crippen molar-refractivity contribution in [2.75, 3.05) is 20.2 Å². The summed E-state index contributed by atoms with van der Waals surface area (Å²) in [5.41, 5.74) is 1.01. The van der Waals surface area contributed by atoms with Crippen molar-refractivity contribution in [2.24, 2.45) is 5.92 Å². The predicted octanol–water partition coefficient (Wildman–Crippen LogP) is 2.93. The lowest BCUT2D eigenvalue weighted by molar-refractivity contribution is -0.126. The average molecular weight is 358 g/mol. The Labute approximate surface area is 151 Å². The number of piperidine rings is 1. The standard InChI is InChI=1S/C19H22N2O3S/c1-24-16-5-2-4-14(12-16)13-20-18(22)15-7-9-21(10-8-15)19(23)17-6-3-11-25-17/h2-6,11-12,15H,7-10,13H2,1H3,(H,20,22). The zero-order chi connectivity index (χ0) is 17.6. The van der Waals surface area contributed by atoms with Gasteiger partial charge < -0.3 is 15.0 Å². The fourth-order valence-corrected chi connectivity index (χ4v) is 3.71. The highest BCUT2D eigenvalue weighted by Gasteiger charge is 2.27. The SMILES string of the molecule is COc1cccc(CNC(=O)C2CCN(C(=O)c3cccs3)CC2)c1. The van der Waals surface area contributed by atoms with Crippen molar-refractivity contribution in [2.45, 2.75) is 19.4 Å². The summed E-state index contributed by atoms with van der Waals surface area (Å²) in [4.78, 5) is 27.3. The van der Waals surface area contributed by atoms with Crippen molar-refractivity contribution in [3.8, 4) is 5.75 Å². The Morgan fingerprint density at radius 2 is 2.04 bits per heavy atom. The second-order valence-corrected chi connectivity index (χ2v) is 7.06. The molecule has 2 heterocycles. The van der Waals surface area contributed by atoms with Crippen LogP contribution in [0, 0.1) is 5.92 Å². The van der Waals surface area contributed by atoms with Gasteiger partial charge in [-0.2, -0.15) is 0 Å². The maximum Gasteiger partial charge on any atom is 0.263 e. The van der Waals surface area contributed by atoms with Gasteiger partial charge in [-0.1, -0.05) is 18.2 Å². The number of carbonyl (C=O) groups excluding carboxylic acids is 2. The van der Waals surface area contributed by atoms with Crippen molar-refractivity contribution in [1.29, 1.82) is 0 Å². The lowest BCUT2D eigenvalue weighted by atomic mass is 9.95. The first-order chi connectivity index (χ1) is 12.2. The minimum absolute atomic E-state index is 0.0296. The summed E-state index contributed by atoms with van der Waals surface area (Å²) in [7, 11) is 1.63. The Hall–Kier alpha value is -2.34. The molecule has 0 radical (unpaired) electrons. The number of hydrogen-bond donors (Lipinski definition) is 1. The van der Waals surface area contributed by atoms with Crippen LogP contribution in [0.1, 0.15) is 28.1 Å². The molecule has 0 spiro atoms. The largest absolute Gasteiger partial charge is 0.497 e. The Bertz CT molecular complexity index is 722. The van der Waals surface area contributed by atoms with Gasteiger partial charge in [-0.25, -0.2) is 0 Å². The van der Waals surface area contributed by atoms with E-state index in [0.29, 0.717) is 32.5 Å². The highest BCUT2D eigenvalue weighted by Crippen LogP contribution is 2.21. The van der Waals surface area contributed by atoms with Gasteiger partial charge >= 0.3 is 0 Å². The molecule has 1 aromatic carbocycles. The molecule has 2 amide bonds. The van der Waals surface area contributed by atoms with E-state index in [1.807, 2.05) is 46.7 Å². The molecule has 0 bridgehead atoms. The number of ether oxygens (including phenoxy) is 1. The van der Waals surface area contributed by atoms with E-state index in [2.05, 4.69) is 5.32 Å². The van der Waals surface area contributed by atoms with E-state index in [9.17, 15) is 9.59 Å².